The van der Waals surface area contributed by atoms with Gasteiger partial charge in [0.05, 0.1) is 12.1 Å². The first kappa shape index (κ1) is 13.3. The third-order valence-electron chi connectivity index (χ3n) is 3.26. The molecule has 0 spiro atoms. The van der Waals surface area contributed by atoms with E-state index in [4.69, 9.17) is 0 Å². The van der Waals surface area contributed by atoms with Gasteiger partial charge in [-0.3, -0.25) is 9.48 Å². The van der Waals surface area contributed by atoms with Gasteiger partial charge in [-0.05, 0) is 30.9 Å². The van der Waals surface area contributed by atoms with Crippen LogP contribution in [0.4, 0.5) is 0 Å². The van der Waals surface area contributed by atoms with Crippen molar-refractivity contribution in [3.8, 4) is 0 Å². The zero-order chi connectivity index (χ0) is 13.8. The van der Waals surface area contributed by atoms with Gasteiger partial charge in [0, 0.05) is 13.2 Å². The fourth-order valence-corrected chi connectivity index (χ4v) is 2.14. The molecule has 1 atom stereocenters. The van der Waals surface area contributed by atoms with Crippen molar-refractivity contribution in [2.45, 2.75) is 25.7 Å². The number of carboxylic acids is 1. The number of aromatic nitrogens is 2. The van der Waals surface area contributed by atoms with Crippen LogP contribution in [0.1, 0.15) is 29.0 Å². The molecule has 0 fully saturated rings. The first-order chi connectivity index (χ1) is 9.06. The lowest BCUT2D eigenvalue weighted by molar-refractivity contribution is -0.138. The molecule has 0 saturated carbocycles. The van der Waals surface area contributed by atoms with Gasteiger partial charge < -0.3 is 5.11 Å². The van der Waals surface area contributed by atoms with Crippen molar-refractivity contribution in [3.05, 3.63) is 53.3 Å². The highest BCUT2D eigenvalue weighted by molar-refractivity contribution is 5.76. The predicted molar refractivity (Wildman–Crippen MR) is 73.1 cm³/mol. The fraction of sp³-hybridized carbons (Fsp3) is 0.333. The number of aryl methyl sites for hydroxylation is 3. The lowest BCUT2D eigenvalue weighted by Crippen LogP contribution is -2.12. The van der Waals surface area contributed by atoms with Crippen LogP contribution in [0.15, 0.2) is 36.7 Å². The SMILES string of the molecule is Cc1ccc(C(CCc2cnn(C)c2)C(=O)O)cc1. The highest BCUT2D eigenvalue weighted by atomic mass is 16.4. The summed E-state index contributed by atoms with van der Waals surface area (Å²) < 4.78 is 1.73. The molecule has 2 aromatic rings. The standard InChI is InChI=1S/C15H18N2O2/c1-11-3-6-13(7-4-11)14(15(18)19)8-5-12-9-16-17(2)10-12/h3-4,6-7,9-10,14H,5,8H2,1-2H3,(H,18,19). The van der Waals surface area contributed by atoms with Gasteiger partial charge in [0.15, 0.2) is 0 Å². The van der Waals surface area contributed by atoms with E-state index in [2.05, 4.69) is 5.10 Å². The van der Waals surface area contributed by atoms with E-state index >= 15 is 0 Å². The maximum Gasteiger partial charge on any atom is 0.310 e. The van der Waals surface area contributed by atoms with Gasteiger partial charge in [0.25, 0.3) is 0 Å². The van der Waals surface area contributed by atoms with Crippen LogP contribution in [0, 0.1) is 6.92 Å². The lowest BCUT2D eigenvalue weighted by Gasteiger charge is -2.12. The number of hydrogen-bond acceptors (Lipinski definition) is 2. The summed E-state index contributed by atoms with van der Waals surface area (Å²) in [6.07, 6.45) is 5.02. The van der Waals surface area contributed by atoms with Crippen molar-refractivity contribution in [2.24, 2.45) is 7.05 Å². The van der Waals surface area contributed by atoms with Crippen LogP contribution in [-0.4, -0.2) is 20.9 Å². The molecule has 0 aliphatic heterocycles. The molecular formula is C15H18N2O2. The molecule has 0 amide bonds. The summed E-state index contributed by atoms with van der Waals surface area (Å²) >= 11 is 0. The van der Waals surface area contributed by atoms with Crippen LogP contribution in [0.25, 0.3) is 0 Å². The van der Waals surface area contributed by atoms with Gasteiger partial charge in [-0.15, -0.1) is 0 Å². The molecular weight excluding hydrogens is 240 g/mol. The summed E-state index contributed by atoms with van der Waals surface area (Å²) in [5, 5.41) is 13.5. The maximum atomic E-state index is 11.4. The Morgan fingerprint density at radius 1 is 1.37 bits per heavy atom. The Morgan fingerprint density at radius 2 is 2.05 bits per heavy atom. The van der Waals surface area contributed by atoms with E-state index in [1.54, 1.807) is 10.9 Å². The maximum absolute atomic E-state index is 11.4. The topological polar surface area (TPSA) is 55.1 Å². The van der Waals surface area contributed by atoms with Crippen LogP contribution < -0.4 is 0 Å². The highest BCUT2D eigenvalue weighted by Crippen LogP contribution is 2.22. The second-order valence-electron chi connectivity index (χ2n) is 4.86. The van der Waals surface area contributed by atoms with Crippen molar-refractivity contribution in [1.29, 1.82) is 0 Å². The Morgan fingerprint density at radius 3 is 2.58 bits per heavy atom. The summed E-state index contributed by atoms with van der Waals surface area (Å²) in [6.45, 7) is 2.00. The van der Waals surface area contributed by atoms with Crippen LogP contribution in [0.3, 0.4) is 0 Å². The Labute approximate surface area is 112 Å². The molecule has 0 bridgehead atoms. The molecule has 100 valence electrons. The number of aliphatic carboxylic acids is 1. The van der Waals surface area contributed by atoms with E-state index in [9.17, 15) is 9.90 Å². The minimum atomic E-state index is -0.771. The number of nitrogens with zero attached hydrogens (tertiary/aromatic N) is 2. The Balaban J connectivity index is 2.08. The van der Waals surface area contributed by atoms with Crippen molar-refractivity contribution < 1.29 is 9.90 Å². The zero-order valence-corrected chi connectivity index (χ0v) is 11.2. The van der Waals surface area contributed by atoms with E-state index in [0.717, 1.165) is 23.1 Å². The molecule has 0 saturated heterocycles. The molecule has 0 aliphatic rings. The molecule has 19 heavy (non-hydrogen) atoms. The second kappa shape index (κ2) is 5.69. The molecule has 0 aliphatic carbocycles. The van der Waals surface area contributed by atoms with Gasteiger partial charge in [0.2, 0.25) is 0 Å². The van der Waals surface area contributed by atoms with E-state index in [0.29, 0.717) is 6.42 Å². The summed E-state index contributed by atoms with van der Waals surface area (Å²) in [6, 6.07) is 7.71. The van der Waals surface area contributed by atoms with E-state index in [1.807, 2.05) is 44.4 Å². The molecule has 1 unspecified atom stereocenters. The van der Waals surface area contributed by atoms with E-state index in [1.165, 1.54) is 0 Å². The summed E-state index contributed by atoms with van der Waals surface area (Å²) in [4.78, 5) is 11.4. The molecule has 1 heterocycles. The quantitative estimate of drug-likeness (QED) is 0.896. The average molecular weight is 258 g/mol. The third-order valence-corrected chi connectivity index (χ3v) is 3.26. The molecule has 1 N–H and O–H groups in total. The molecule has 4 nitrogen and oxygen atoms in total. The Kier molecular flexibility index (Phi) is 4.00. The average Bonchev–Trinajstić information content (AvgIpc) is 2.77. The Bertz CT molecular complexity index is 558. The smallest absolute Gasteiger partial charge is 0.310 e. The third kappa shape index (κ3) is 3.44. The van der Waals surface area contributed by atoms with Crippen molar-refractivity contribution in [2.75, 3.05) is 0 Å². The molecule has 0 radical (unpaired) electrons. The van der Waals surface area contributed by atoms with Gasteiger partial charge in [0.1, 0.15) is 0 Å². The van der Waals surface area contributed by atoms with Gasteiger partial charge in [-0.2, -0.15) is 5.10 Å². The van der Waals surface area contributed by atoms with Crippen molar-refractivity contribution >= 4 is 5.97 Å². The first-order valence-electron chi connectivity index (χ1n) is 6.33. The summed E-state index contributed by atoms with van der Waals surface area (Å²) in [7, 11) is 1.86. The molecule has 1 aromatic heterocycles. The Hall–Kier alpha value is -2.10. The predicted octanol–water partition coefficient (Wildman–Crippen LogP) is 2.53. The van der Waals surface area contributed by atoms with Crippen molar-refractivity contribution in [1.82, 2.24) is 9.78 Å². The fourth-order valence-electron chi connectivity index (χ4n) is 2.14. The van der Waals surface area contributed by atoms with Crippen LogP contribution in [0.2, 0.25) is 0 Å². The number of rotatable bonds is 5. The van der Waals surface area contributed by atoms with Crippen LogP contribution in [-0.2, 0) is 18.3 Å². The van der Waals surface area contributed by atoms with Gasteiger partial charge in [-0.25, -0.2) is 0 Å². The molecule has 1 aromatic carbocycles. The molecule has 4 heteroatoms. The van der Waals surface area contributed by atoms with Gasteiger partial charge in [-0.1, -0.05) is 29.8 Å². The number of carbonyl (C=O) groups is 1. The summed E-state index contributed by atoms with van der Waals surface area (Å²) in [5.41, 5.74) is 3.07. The monoisotopic (exact) mass is 258 g/mol. The lowest BCUT2D eigenvalue weighted by atomic mass is 9.92. The highest BCUT2D eigenvalue weighted by Gasteiger charge is 2.19. The number of carboxylic acid groups (broad SMARTS) is 1. The number of hydrogen-bond donors (Lipinski definition) is 1. The van der Waals surface area contributed by atoms with Crippen LogP contribution in [0.5, 0.6) is 0 Å². The molecule has 2 rings (SSSR count). The second-order valence-corrected chi connectivity index (χ2v) is 4.86. The van der Waals surface area contributed by atoms with Crippen molar-refractivity contribution in [3.63, 3.8) is 0 Å². The van der Waals surface area contributed by atoms with E-state index in [-0.39, 0.29) is 0 Å². The normalized spacial score (nSPS) is 12.3. The summed E-state index contributed by atoms with van der Waals surface area (Å²) in [5.74, 6) is -1.23. The van der Waals surface area contributed by atoms with Gasteiger partial charge >= 0.3 is 5.97 Å². The number of benzene rings is 1. The minimum absolute atomic E-state index is 0.458. The van der Waals surface area contributed by atoms with Crippen LogP contribution >= 0.6 is 0 Å². The largest absolute Gasteiger partial charge is 0.481 e. The minimum Gasteiger partial charge on any atom is -0.481 e. The zero-order valence-electron chi connectivity index (χ0n) is 11.2. The van der Waals surface area contributed by atoms with E-state index < -0.39 is 11.9 Å². The first-order valence-corrected chi connectivity index (χ1v) is 6.33.